The van der Waals surface area contributed by atoms with Gasteiger partial charge in [-0.2, -0.15) is 0 Å². The average molecular weight is 542 g/mol. The molecule has 0 radical (unpaired) electrons. The normalized spacial score (nSPS) is 10.6. The minimum Gasteiger partial charge on any atom is -0.487 e. The van der Waals surface area contributed by atoms with Crippen molar-refractivity contribution >= 4 is 17.8 Å². The highest BCUT2D eigenvalue weighted by Crippen LogP contribution is 2.18. The molecule has 0 aliphatic carbocycles. The molecular formula is C28H29F2N3O6. The summed E-state index contributed by atoms with van der Waals surface area (Å²) in [5.41, 5.74) is -0.273. The number of ether oxygens (including phenoxy) is 2. The van der Waals surface area contributed by atoms with Crippen LogP contribution < -0.4 is 20.8 Å². The van der Waals surface area contributed by atoms with Gasteiger partial charge < -0.3 is 24.7 Å². The van der Waals surface area contributed by atoms with E-state index < -0.39 is 47.1 Å². The molecule has 0 aliphatic heterocycles. The van der Waals surface area contributed by atoms with E-state index in [2.05, 4.69) is 10.6 Å². The van der Waals surface area contributed by atoms with Crippen LogP contribution in [0.5, 0.6) is 5.75 Å². The number of benzene rings is 2. The van der Waals surface area contributed by atoms with Crippen LogP contribution in [0.25, 0.3) is 0 Å². The van der Waals surface area contributed by atoms with Gasteiger partial charge in [0.05, 0.1) is 13.7 Å². The minimum atomic E-state index is -0.837. The molecule has 0 unspecified atom stereocenters. The predicted octanol–water partition coefficient (Wildman–Crippen LogP) is 3.34. The standard InChI is InChI=1S/C28H29F2N3O6/c1-3-4-13-39-26-24(28(37)32-15-19-7-11-21(30)12-8-19)33(17-23(34)38-2)16-22(25(26)35)27(36)31-14-18-5-9-20(29)10-6-18/h5-12,16H,3-4,13-15,17H2,1-2H3,(H,31,36)(H,32,37). The number of carbonyl (C=O) groups is 3. The van der Waals surface area contributed by atoms with Gasteiger partial charge in [-0.3, -0.25) is 19.2 Å². The molecule has 0 saturated carbocycles. The molecule has 0 atom stereocenters. The molecule has 9 nitrogen and oxygen atoms in total. The monoisotopic (exact) mass is 541 g/mol. The highest BCUT2D eigenvalue weighted by atomic mass is 19.1. The molecule has 1 aromatic heterocycles. The third-order valence-corrected chi connectivity index (χ3v) is 5.70. The van der Waals surface area contributed by atoms with Crippen LogP contribution >= 0.6 is 0 Å². The maximum Gasteiger partial charge on any atom is 0.325 e. The smallest absolute Gasteiger partial charge is 0.325 e. The van der Waals surface area contributed by atoms with E-state index in [0.717, 1.165) is 24.3 Å². The van der Waals surface area contributed by atoms with Crippen molar-refractivity contribution in [2.75, 3.05) is 13.7 Å². The zero-order chi connectivity index (χ0) is 28.4. The second-order valence-electron chi connectivity index (χ2n) is 8.57. The number of halogens is 2. The van der Waals surface area contributed by atoms with Crippen molar-refractivity contribution in [3.63, 3.8) is 0 Å². The van der Waals surface area contributed by atoms with E-state index in [1.165, 1.54) is 48.5 Å². The number of nitrogens with one attached hydrogen (secondary N) is 2. The maximum absolute atomic E-state index is 13.4. The fourth-order valence-electron chi connectivity index (χ4n) is 3.56. The number of nitrogens with zero attached hydrogens (tertiary/aromatic N) is 1. The number of amides is 2. The van der Waals surface area contributed by atoms with E-state index in [1.54, 1.807) is 0 Å². The number of methoxy groups -OCH3 is 1. The molecule has 0 saturated heterocycles. The first-order valence-electron chi connectivity index (χ1n) is 12.3. The highest BCUT2D eigenvalue weighted by Gasteiger charge is 2.26. The van der Waals surface area contributed by atoms with Gasteiger partial charge in [-0.05, 0) is 41.8 Å². The molecule has 0 spiro atoms. The molecule has 3 rings (SSSR count). The lowest BCUT2D eigenvalue weighted by atomic mass is 10.1. The van der Waals surface area contributed by atoms with Crippen molar-refractivity contribution in [1.29, 1.82) is 0 Å². The molecule has 1 heterocycles. The molecule has 39 heavy (non-hydrogen) atoms. The van der Waals surface area contributed by atoms with Gasteiger partial charge in [0.15, 0.2) is 11.4 Å². The second-order valence-corrected chi connectivity index (χ2v) is 8.57. The number of pyridine rings is 1. The number of rotatable bonds is 12. The Morgan fingerprint density at radius 3 is 1.92 bits per heavy atom. The summed E-state index contributed by atoms with van der Waals surface area (Å²) in [4.78, 5) is 51.9. The molecule has 0 fully saturated rings. The van der Waals surface area contributed by atoms with Crippen LogP contribution in [0.1, 0.15) is 51.7 Å². The van der Waals surface area contributed by atoms with Gasteiger partial charge in [0.25, 0.3) is 11.8 Å². The zero-order valence-corrected chi connectivity index (χ0v) is 21.6. The van der Waals surface area contributed by atoms with Crippen LogP contribution in [-0.2, 0) is 29.2 Å². The molecule has 2 aromatic carbocycles. The summed E-state index contributed by atoms with van der Waals surface area (Å²) >= 11 is 0. The fraction of sp³-hybridized carbons (Fsp3) is 0.286. The molecule has 11 heteroatoms. The third kappa shape index (κ3) is 7.97. The SMILES string of the molecule is CCCCOc1c(C(=O)NCc2ccc(F)cc2)n(CC(=O)OC)cc(C(=O)NCc2ccc(F)cc2)c1=O. The first-order chi connectivity index (χ1) is 18.7. The van der Waals surface area contributed by atoms with Crippen LogP contribution in [0.15, 0.2) is 59.5 Å². The molecule has 2 amide bonds. The van der Waals surface area contributed by atoms with Gasteiger partial charge in [0.2, 0.25) is 5.43 Å². The minimum absolute atomic E-state index is 0.000163. The molecule has 206 valence electrons. The Hall–Kier alpha value is -4.54. The zero-order valence-electron chi connectivity index (χ0n) is 21.6. The highest BCUT2D eigenvalue weighted by molar-refractivity contribution is 5.99. The van der Waals surface area contributed by atoms with E-state index in [9.17, 15) is 28.0 Å². The Kier molecular flexibility index (Phi) is 10.3. The number of unbranched alkanes of at least 4 members (excludes halogenated alkanes) is 1. The molecule has 0 aliphatic rings. The number of hydrogen-bond donors (Lipinski definition) is 2. The largest absolute Gasteiger partial charge is 0.487 e. The van der Waals surface area contributed by atoms with Crippen molar-refractivity contribution < 1.29 is 32.6 Å². The maximum atomic E-state index is 13.4. The van der Waals surface area contributed by atoms with Gasteiger partial charge in [0.1, 0.15) is 23.7 Å². The lowest BCUT2D eigenvalue weighted by Crippen LogP contribution is -2.35. The summed E-state index contributed by atoms with van der Waals surface area (Å²) in [6.07, 6.45) is 2.40. The third-order valence-electron chi connectivity index (χ3n) is 5.70. The van der Waals surface area contributed by atoms with Crippen LogP contribution in [0, 0.1) is 11.6 Å². The summed E-state index contributed by atoms with van der Waals surface area (Å²) in [7, 11) is 1.16. The van der Waals surface area contributed by atoms with Crippen molar-refractivity contribution in [3.05, 3.63) is 99.0 Å². The molecule has 2 N–H and O–H groups in total. The first-order valence-corrected chi connectivity index (χ1v) is 12.3. The van der Waals surface area contributed by atoms with Crippen LogP contribution in [-0.4, -0.2) is 36.1 Å². The van der Waals surface area contributed by atoms with Gasteiger partial charge in [-0.15, -0.1) is 0 Å². The first kappa shape index (κ1) is 29.0. The van der Waals surface area contributed by atoms with Gasteiger partial charge in [0, 0.05) is 19.3 Å². The van der Waals surface area contributed by atoms with E-state index in [-0.39, 0.29) is 31.0 Å². The Labute approximate surface area is 223 Å². The second kappa shape index (κ2) is 13.8. The van der Waals surface area contributed by atoms with Crippen molar-refractivity contribution in [3.8, 4) is 5.75 Å². The molecular weight excluding hydrogens is 512 g/mol. The summed E-state index contributed by atoms with van der Waals surface area (Å²) in [5, 5.41) is 5.23. The lowest BCUT2D eigenvalue weighted by Gasteiger charge is -2.18. The number of hydrogen-bond acceptors (Lipinski definition) is 6. The fourth-order valence-corrected chi connectivity index (χ4v) is 3.56. The molecule has 0 bridgehead atoms. The summed E-state index contributed by atoms with van der Waals surface area (Å²) in [5.74, 6) is -3.51. The van der Waals surface area contributed by atoms with Crippen molar-refractivity contribution in [2.45, 2.75) is 39.4 Å². The van der Waals surface area contributed by atoms with Crippen LogP contribution in [0.3, 0.4) is 0 Å². The summed E-state index contributed by atoms with van der Waals surface area (Å²) in [6.45, 7) is 1.51. The van der Waals surface area contributed by atoms with Gasteiger partial charge in [-0.1, -0.05) is 37.6 Å². The molecule has 3 aromatic rings. The quantitative estimate of drug-likeness (QED) is 0.269. The Balaban J connectivity index is 1.99. The van der Waals surface area contributed by atoms with Crippen molar-refractivity contribution in [2.24, 2.45) is 0 Å². The average Bonchev–Trinajstić information content (AvgIpc) is 2.93. The summed E-state index contributed by atoms with van der Waals surface area (Å²) < 4.78 is 38.0. The van der Waals surface area contributed by atoms with Crippen LogP contribution in [0.2, 0.25) is 0 Å². The lowest BCUT2D eigenvalue weighted by molar-refractivity contribution is -0.141. The number of aromatic nitrogens is 1. The van der Waals surface area contributed by atoms with Gasteiger partial charge >= 0.3 is 5.97 Å². The van der Waals surface area contributed by atoms with E-state index in [0.29, 0.717) is 17.5 Å². The van der Waals surface area contributed by atoms with Crippen LogP contribution in [0.4, 0.5) is 8.78 Å². The number of esters is 1. The van der Waals surface area contributed by atoms with E-state index in [1.807, 2.05) is 6.92 Å². The Bertz CT molecular complexity index is 1370. The topological polar surface area (TPSA) is 116 Å². The van der Waals surface area contributed by atoms with E-state index >= 15 is 0 Å². The van der Waals surface area contributed by atoms with Gasteiger partial charge in [-0.25, -0.2) is 8.78 Å². The van der Waals surface area contributed by atoms with Crippen molar-refractivity contribution in [1.82, 2.24) is 15.2 Å². The Morgan fingerprint density at radius 2 is 1.41 bits per heavy atom. The summed E-state index contributed by atoms with van der Waals surface area (Å²) in [6, 6.07) is 10.9. The Morgan fingerprint density at radius 1 is 0.872 bits per heavy atom. The van der Waals surface area contributed by atoms with E-state index in [4.69, 9.17) is 9.47 Å². The predicted molar refractivity (Wildman–Crippen MR) is 138 cm³/mol. The number of carbonyl (C=O) groups excluding carboxylic acids is 3.